The summed E-state index contributed by atoms with van der Waals surface area (Å²) >= 11 is 13.9. The number of nitrogens with zero attached hydrogens (tertiary/aromatic N) is 3. The van der Waals surface area contributed by atoms with Crippen LogP contribution in [0.5, 0.6) is 11.5 Å². The SMILES string of the molecule is C=N[C@@]1(C(C)C)NC(=O)[C@@H](NC(O)C(N)C(C)C)Cc2ccc(O)c(c2)[C@@]23COc4c(cccc42)-c2cccc4[nH]c(Cl)c(c24)-c2oc(nc2Cl)-c2nc1oc23. The summed E-state index contributed by atoms with van der Waals surface area (Å²) in [6, 6.07) is 15.0. The number of ether oxygens (including phenoxy) is 1. The van der Waals surface area contributed by atoms with Crippen molar-refractivity contribution in [1.82, 2.24) is 25.6 Å². The van der Waals surface area contributed by atoms with Gasteiger partial charge in [-0.1, -0.05) is 93.4 Å². The van der Waals surface area contributed by atoms with Crippen LogP contribution in [0.3, 0.4) is 0 Å². The van der Waals surface area contributed by atoms with E-state index in [1.165, 1.54) is 0 Å². The Morgan fingerprint density at radius 2 is 1.82 bits per heavy atom. The lowest BCUT2D eigenvalue weighted by atomic mass is 9.71. The van der Waals surface area contributed by atoms with E-state index in [-0.39, 0.29) is 64.0 Å². The van der Waals surface area contributed by atoms with Crippen molar-refractivity contribution in [3.8, 4) is 45.5 Å². The van der Waals surface area contributed by atoms with Crippen molar-refractivity contribution >= 4 is 46.7 Å². The molecule has 10 bridgehead atoms. The molecule has 0 radical (unpaired) electrons. The topological polar surface area (TPSA) is 197 Å². The van der Waals surface area contributed by atoms with E-state index in [2.05, 4.69) is 27.3 Å². The van der Waals surface area contributed by atoms with Crippen molar-refractivity contribution in [1.29, 1.82) is 0 Å². The number of carbonyl (C=O) groups is 1. The number of hydrogen-bond acceptors (Lipinski definition) is 11. The number of H-pyrrole nitrogens is 1. The standard InChI is InChI=1S/C41H39Cl2N7O6/c1-17(2)29(44)37(53)47-25-15-19-12-13-26(51)23(14-19)40-16-54-31-21(9-6-10-22(31)40)20-8-7-11-24-27(20)28(34(42)46-24)32-35(43)49-38(55-32)30-33(40)56-39(48-30)41(45-5,18(3)4)50-36(25)52/h6-14,17-18,25,29,37,46-47,51,53H,5,15-16,44H2,1-4H3,(H,50,52)/t25-,29?,37?,40+,41-/m0/s1. The minimum atomic E-state index is -1.66. The van der Waals surface area contributed by atoms with Gasteiger partial charge in [-0.2, -0.15) is 4.98 Å². The van der Waals surface area contributed by atoms with Crippen LogP contribution in [-0.2, 0) is 22.3 Å². The number of oxazole rings is 2. The molecule has 5 atom stereocenters. The number of aliphatic hydroxyl groups is 1. The van der Waals surface area contributed by atoms with Gasteiger partial charge in [0.1, 0.15) is 34.9 Å². The molecule has 13 nitrogen and oxygen atoms in total. The van der Waals surface area contributed by atoms with Crippen LogP contribution in [0.15, 0.2) is 68.4 Å². The number of fused-ring (bicyclic) bond motifs is 8. The highest BCUT2D eigenvalue weighted by atomic mass is 35.5. The molecule has 3 aliphatic rings. The Morgan fingerprint density at radius 3 is 2.57 bits per heavy atom. The Bertz CT molecular complexity index is 2600. The van der Waals surface area contributed by atoms with Crippen LogP contribution in [0.2, 0.25) is 10.3 Å². The first-order valence-corrected chi connectivity index (χ1v) is 19.1. The number of aliphatic imine (C=N–C) groups is 1. The Labute approximate surface area is 331 Å². The highest BCUT2D eigenvalue weighted by molar-refractivity contribution is 6.37. The number of aromatic nitrogens is 3. The summed E-state index contributed by atoms with van der Waals surface area (Å²) in [5.41, 5.74) is 7.94. The van der Waals surface area contributed by atoms with Gasteiger partial charge in [0, 0.05) is 39.6 Å². The van der Waals surface area contributed by atoms with Gasteiger partial charge in [-0.05, 0) is 42.3 Å². The molecule has 6 heterocycles. The first-order chi connectivity index (χ1) is 26.8. The predicted molar refractivity (Wildman–Crippen MR) is 212 cm³/mol. The van der Waals surface area contributed by atoms with Crippen molar-refractivity contribution in [3.63, 3.8) is 0 Å². The fourth-order valence-corrected chi connectivity index (χ4v) is 8.86. The molecule has 9 rings (SSSR count). The molecule has 7 N–H and O–H groups in total. The van der Waals surface area contributed by atoms with E-state index in [0.717, 1.165) is 22.0 Å². The molecular weight excluding hydrogens is 757 g/mol. The summed E-state index contributed by atoms with van der Waals surface area (Å²) in [5.74, 6) is -0.257. The quantitative estimate of drug-likeness (QED) is 0.0786. The lowest BCUT2D eigenvalue weighted by Gasteiger charge is -2.35. The van der Waals surface area contributed by atoms with Crippen LogP contribution in [0.1, 0.15) is 56.0 Å². The van der Waals surface area contributed by atoms with E-state index in [1.54, 1.807) is 12.1 Å². The Morgan fingerprint density at radius 1 is 1.05 bits per heavy atom. The molecule has 3 aromatic heterocycles. The van der Waals surface area contributed by atoms with E-state index in [1.807, 2.05) is 70.2 Å². The normalized spacial score (nSPS) is 22.1. The zero-order valence-electron chi connectivity index (χ0n) is 30.9. The van der Waals surface area contributed by atoms with Gasteiger partial charge in [-0.3, -0.25) is 15.1 Å². The average molecular weight is 797 g/mol. The van der Waals surface area contributed by atoms with Crippen molar-refractivity contribution in [2.24, 2.45) is 22.6 Å². The maximum absolute atomic E-state index is 14.5. The number of nitrogens with two attached hydrogens (primary N) is 1. The number of halogens is 2. The number of rotatable bonds is 6. The van der Waals surface area contributed by atoms with Gasteiger partial charge in [-0.25, -0.2) is 4.98 Å². The molecule has 3 aliphatic heterocycles. The van der Waals surface area contributed by atoms with Gasteiger partial charge in [0.05, 0.1) is 11.6 Å². The number of phenolic OH excluding ortho intramolecular Hbond substituents is 1. The third kappa shape index (κ3) is 5.11. The number of aromatic amines is 1. The molecule has 1 amide bonds. The van der Waals surface area contributed by atoms with Gasteiger partial charge >= 0.3 is 0 Å². The van der Waals surface area contributed by atoms with Crippen molar-refractivity contribution in [3.05, 3.63) is 93.2 Å². The Kier molecular flexibility index (Phi) is 8.42. The average Bonchev–Trinajstić information content (AvgIpc) is 3.95. The molecule has 15 heteroatoms. The van der Waals surface area contributed by atoms with E-state index in [9.17, 15) is 15.0 Å². The number of benzene rings is 3. The lowest BCUT2D eigenvalue weighted by Crippen LogP contribution is -2.59. The molecule has 0 fully saturated rings. The van der Waals surface area contributed by atoms with E-state index in [4.69, 9.17) is 52.5 Å². The second-order valence-corrected chi connectivity index (χ2v) is 16.1. The molecular formula is C41H39Cl2N7O6. The van der Waals surface area contributed by atoms with Gasteiger partial charge in [-0.15, -0.1) is 0 Å². The lowest BCUT2D eigenvalue weighted by molar-refractivity contribution is -0.127. The summed E-state index contributed by atoms with van der Waals surface area (Å²) < 4.78 is 20.3. The van der Waals surface area contributed by atoms with Crippen LogP contribution in [-0.4, -0.2) is 62.7 Å². The minimum absolute atomic E-state index is 0.00801. The largest absolute Gasteiger partial charge is 0.508 e. The van der Waals surface area contributed by atoms with E-state index < -0.39 is 41.2 Å². The maximum Gasteiger partial charge on any atom is 0.250 e. The number of amides is 1. The van der Waals surface area contributed by atoms with Crippen LogP contribution in [0, 0.1) is 11.8 Å². The third-order valence-electron chi connectivity index (χ3n) is 11.5. The highest BCUT2D eigenvalue weighted by Crippen LogP contribution is 2.58. The summed E-state index contributed by atoms with van der Waals surface area (Å²) in [6.07, 6.45) is -1.15. The Hall–Kier alpha value is -5.18. The fourth-order valence-electron chi connectivity index (χ4n) is 8.37. The summed E-state index contributed by atoms with van der Waals surface area (Å²) in [5, 5.41) is 30.3. The van der Waals surface area contributed by atoms with Gasteiger partial charge in [0.25, 0.3) is 5.89 Å². The number of para-hydroxylation sites is 1. The smallest absolute Gasteiger partial charge is 0.250 e. The van der Waals surface area contributed by atoms with E-state index in [0.29, 0.717) is 28.0 Å². The number of nitrogens with one attached hydrogen (secondary N) is 3. The fraction of sp³-hybridized carbons (Fsp3) is 0.317. The number of hydrogen-bond donors (Lipinski definition) is 6. The highest BCUT2D eigenvalue weighted by Gasteiger charge is 2.54. The number of aliphatic hydroxyl groups excluding tert-OH is 1. The molecule has 288 valence electrons. The molecule has 6 aromatic rings. The summed E-state index contributed by atoms with van der Waals surface area (Å²) in [6.45, 7) is 11.3. The zero-order valence-corrected chi connectivity index (χ0v) is 32.4. The molecule has 2 unspecified atom stereocenters. The van der Waals surface area contributed by atoms with Crippen molar-refractivity contribution < 1.29 is 28.6 Å². The van der Waals surface area contributed by atoms with Gasteiger partial charge < -0.3 is 39.8 Å². The van der Waals surface area contributed by atoms with Crippen LogP contribution >= 0.6 is 23.2 Å². The second-order valence-electron chi connectivity index (χ2n) is 15.4. The third-order valence-corrected chi connectivity index (χ3v) is 12.1. The van der Waals surface area contributed by atoms with Crippen LogP contribution in [0.25, 0.3) is 44.9 Å². The summed E-state index contributed by atoms with van der Waals surface area (Å²) in [4.78, 5) is 32.0. The molecule has 1 spiro atoms. The number of phenols is 1. The molecule has 0 aliphatic carbocycles. The summed E-state index contributed by atoms with van der Waals surface area (Å²) in [7, 11) is 0. The maximum atomic E-state index is 14.5. The predicted octanol–water partition coefficient (Wildman–Crippen LogP) is 6.64. The number of aromatic hydroxyl groups is 1. The molecule has 3 aromatic carbocycles. The first kappa shape index (κ1) is 36.5. The second kappa shape index (κ2) is 12.9. The van der Waals surface area contributed by atoms with Crippen LogP contribution < -0.4 is 21.1 Å². The number of carbonyl (C=O) groups excluding carboxylic acids is 1. The van der Waals surface area contributed by atoms with Gasteiger partial charge in [0.15, 0.2) is 22.4 Å². The zero-order chi connectivity index (χ0) is 39.4. The monoisotopic (exact) mass is 795 g/mol. The van der Waals surface area contributed by atoms with Gasteiger partial charge in [0.2, 0.25) is 17.5 Å². The molecule has 0 saturated heterocycles. The first-order valence-electron chi connectivity index (χ1n) is 18.4. The van der Waals surface area contributed by atoms with Crippen molar-refractivity contribution in [2.45, 2.75) is 63.5 Å². The van der Waals surface area contributed by atoms with Crippen LogP contribution in [0.4, 0.5) is 0 Å². The van der Waals surface area contributed by atoms with E-state index >= 15 is 0 Å². The minimum Gasteiger partial charge on any atom is -0.508 e. The molecule has 0 saturated carbocycles. The molecule has 56 heavy (non-hydrogen) atoms. The van der Waals surface area contributed by atoms with Crippen molar-refractivity contribution in [2.75, 3.05) is 6.61 Å². The Balaban J connectivity index is 1.40.